The Morgan fingerprint density at radius 1 is 1.40 bits per heavy atom. The number of fused-ring (bicyclic) bond motifs is 1. The second-order valence-corrected chi connectivity index (χ2v) is 6.32. The van der Waals surface area contributed by atoms with Gasteiger partial charge < -0.3 is 10.5 Å². The summed E-state index contributed by atoms with van der Waals surface area (Å²) >= 11 is 0. The van der Waals surface area contributed by atoms with Crippen LogP contribution in [-0.2, 0) is 11.2 Å². The third-order valence-electron chi connectivity index (χ3n) is 4.74. The minimum Gasteiger partial charge on any atom is -0.374 e. The molecule has 110 valence electrons. The van der Waals surface area contributed by atoms with Gasteiger partial charge in [-0.2, -0.15) is 0 Å². The van der Waals surface area contributed by atoms with Crippen LogP contribution in [0.15, 0.2) is 24.3 Å². The van der Waals surface area contributed by atoms with E-state index in [1.54, 1.807) is 11.1 Å². The van der Waals surface area contributed by atoms with Gasteiger partial charge in [-0.1, -0.05) is 24.3 Å². The minimum atomic E-state index is 0.122. The Labute approximate surface area is 122 Å². The van der Waals surface area contributed by atoms with Gasteiger partial charge in [-0.3, -0.25) is 4.90 Å². The molecule has 0 spiro atoms. The number of nitrogens with zero attached hydrogens (tertiary/aromatic N) is 1. The number of benzene rings is 1. The number of hydrogen-bond donors (Lipinski definition) is 1. The number of rotatable bonds is 3. The first-order chi connectivity index (χ1) is 9.74. The van der Waals surface area contributed by atoms with Crippen molar-refractivity contribution in [1.29, 1.82) is 0 Å². The van der Waals surface area contributed by atoms with Crippen LogP contribution in [0.5, 0.6) is 0 Å². The van der Waals surface area contributed by atoms with Crippen molar-refractivity contribution in [3.63, 3.8) is 0 Å². The average molecular weight is 274 g/mol. The van der Waals surface area contributed by atoms with Gasteiger partial charge in [0.15, 0.2) is 0 Å². The lowest BCUT2D eigenvalue weighted by molar-refractivity contribution is -0.0396. The normalized spacial score (nSPS) is 28.9. The SMILES string of the molecule is CC(N)C1CN(CC2CCCc3ccccc32)CCO1. The number of nitrogens with two attached hydrogens (primary N) is 1. The highest BCUT2D eigenvalue weighted by Crippen LogP contribution is 2.32. The zero-order chi connectivity index (χ0) is 13.9. The van der Waals surface area contributed by atoms with Crippen molar-refractivity contribution in [2.24, 2.45) is 5.73 Å². The molecule has 1 aliphatic carbocycles. The third kappa shape index (κ3) is 3.05. The molecule has 3 unspecified atom stereocenters. The Morgan fingerprint density at radius 3 is 3.10 bits per heavy atom. The molecule has 1 aromatic rings. The smallest absolute Gasteiger partial charge is 0.0850 e. The van der Waals surface area contributed by atoms with E-state index in [9.17, 15) is 0 Å². The van der Waals surface area contributed by atoms with Crippen LogP contribution >= 0.6 is 0 Å². The second kappa shape index (κ2) is 6.25. The van der Waals surface area contributed by atoms with Crippen molar-refractivity contribution in [1.82, 2.24) is 4.90 Å². The quantitative estimate of drug-likeness (QED) is 0.918. The third-order valence-corrected chi connectivity index (χ3v) is 4.74. The van der Waals surface area contributed by atoms with Crippen molar-refractivity contribution < 1.29 is 4.74 Å². The summed E-state index contributed by atoms with van der Waals surface area (Å²) in [6, 6.07) is 9.09. The van der Waals surface area contributed by atoms with Gasteiger partial charge in [0.1, 0.15) is 0 Å². The summed E-state index contributed by atoms with van der Waals surface area (Å²) in [7, 11) is 0. The molecular weight excluding hydrogens is 248 g/mol. The highest BCUT2D eigenvalue weighted by Gasteiger charge is 2.27. The molecule has 3 nitrogen and oxygen atoms in total. The number of hydrogen-bond acceptors (Lipinski definition) is 3. The predicted molar refractivity (Wildman–Crippen MR) is 82.0 cm³/mol. The summed E-state index contributed by atoms with van der Waals surface area (Å²) in [5.41, 5.74) is 9.12. The van der Waals surface area contributed by atoms with E-state index in [-0.39, 0.29) is 12.1 Å². The molecule has 0 bridgehead atoms. The van der Waals surface area contributed by atoms with E-state index >= 15 is 0 Å². The first kappa shape index (κ1) is 14.1. The van der Waals surface area contributed by atoms with Crippen LogP contribution in [0.4, 0.5) is 0 Å². The molecule has 0 saturated carbocycles. The monoisotopic (exact) mass is 274 g/mol. The van der Waals surface area contributed by atoms with Crippen LogP contribution in [0.2, 0.25) is 0 Å². The summed E-state index contributed by atoms with van der Waals surface area (Å²) in [6.45, 7) is 6.05. The Hall–Kier alpha value is -0.900. The maximum Gasteiger partial charge on any atom is 0.0850 e. The second-order valence-electron chi connectivity index (χ2n) is 6.32. The average Bonchev–Trinajstić information content (AvgIpc) is 2.48. The Balaban J connectivity index is 1.66. The van der Waals surface area contributed by atoms with Gasteiger partial charge in [0.05, 0.1) is 12.7 Å². The van der Waals surface area contributed by atoms with Crippen LogP contribution < -0.4 is 5.73 Å². The molecule has 0 amide bonds. The first-order valence-electron chi connectivity index (χ1n) is 7.91. The van der Waals surface area contributed by atoms with Gasteiger partial charge in [0, 0.05) is 25.7 Å². The van der Waals surface area contributed by atoms with E-state index in [0.29, 0.717) is 5.92 Å². The first-order valence-corrected chi connectivity index (χ1v) is 7.91. The molecule has 2 aliphatic rings. The van der Waals surface area contributed by atoms with Crippen molar-refractivity contribution in [3.05, 3.63) is 35.4 Å². The van der Waals surface area contributed by atoms with E-state index in [1.165, 1.54) is 19.3 Å². The molecule has 20 heavy (non-hydrogen) atoms. The molecule has 0 aromatic heterocycles. The number of aryl methyl sites for hydroxylation is 1. The fraction of sp³-hybridized carbons (Fsp3) is 0.647. The van der Waals surface area contributed by atoms with Crippen LogP contribution in [0.3, 0.4) is 0 Å². The van der Waals surface area contributed by atoms with Gasteiger partial charge in [-0.05, 0) is 43.2 Å². The van der Waals surface area contributed by atoms with Crippen LogP contribution in [0, 0.1) is 0 Å². The summed E-state index contributed by atoms with van der Waals surface area (Å²) in [6.07, 6.45) is 4.08. The lowest BCUT2D eigenvalue weighted by Crippen LogP contribution is -2.50. The molecule has 1 aromatic carbocycles. The molecule has 3 atom stereocenters. The number of ether oxygens (including phenoxy) is 1. The largest absolute Gasteiger partial charge is 0.374 e. The van der Waals surface area contributed by atoms with Gasteiger partial charge >= 0.3 is 0 Å². The minimum absolute atomic E-state index is 0.122. The molecule has 0 radical (unpaired) electrons. The fourth-order valence-electron chi connectivity index (χ4n) is 3.57. The van der Waals surface area contributed by atoms with E-state index in [1.807, 2.05) is 6.92 Å². The van der Waals surface area contributed by atoms with Crippen LogP contribution in [0.1, 0.15) is 36.8 Å². The van der Waals surface area contributed by atoms with E-state index in [0.717, 1.165) is 26.2 Å². The van der Waals surface area contributed by atoms with Gasteiger partial charge in [-0.25, -0.2) is 0 Å². The fourth-order valence-corrected chi connectivity index (χ4v) is 3.57. The molecule has 1 aliphatic heterocycles. The highest BCUT2D eigenvalue weighted by molar-refractivity contribution is 5.32. The van der Waals surface area contributed by atoms with Crippen molar-refractivity contribution in [2.45, 2.75) is 44.2 Å². The predicted octanol–water partition coefficient (Wildman–Crippen LogP) is 2.15. The molecule has 1 fully saturated rings. The maximum absolute atomic E-state index is 5.99. The summed E-state index contributed by atoms with van der Waals surface area (Å²) in [5.74, 6) is 0.687. The van der Waals surface area contributed by atoms with E-state index < -0.39 is 0 Å². The van der Waals surface area contributed by atoms with Crippen molar-refractivity contribution in [2.75, 3.05) is 26.2 Å². The summed E-state index contributed by atoms with van der Waals surface area (Å²) in [4.78, 5) is 2.55. The zero-order valence-corrected chi connectivity index (χ0v) is 12.4. The topological polar surface area (TPSA) is 38.5 Å². The molecule has 1 heterocycles. The number of morpholine rings is 1. The molecule has 2 N–H and O–H groups in total. The van der Waals surface area contributed by atoms with E-state index in [4.69, 9.17) is 10.5 Å². The lowest BCUT2D eigenvalue weighted by atomic mass is 9.82. The molecule has 3 rings (SSSR count). The molecule has 3 heteroatoms. The zero-order valence-electron chi connectivity index (χ0n) is 12.4. The standard InChI is InChI=1S/C17H26N2O/c1-13(18)17-12-19(9-10-20-17)11-15-7-4-6-14-5-2-3-8-16(14)15/h2-3,5,8,13,15,17H,4,6-7,9-12,18H2,1H3. The summed E-state index contributed by atoms with van der Waals surface area (Å²) in [5, 5.41) is 0. The molecule has 1 saturated heterocycles. The van der Waals surface area contributed by atoms with Gasteiger partial charge in [0.2, 0.25) is 0 Å². The molecular formula is C17H26N2O. The van der Waals surface area contributed by atoms with Crippen LogP contribution in [-0.4, -0.2) is 43.3 Å². The van der Waals surface area contributed by atoms with Crippen LogP contribution in [0.25, 0.3) is 0 Å². The van der Waals surface area contributed by atoms with E-state index in [2.05, 4.69) is 29.2 Å². The Kier molecular flexibility index (Phi) is 4.39. The van der Waals surface area contributed by atoms with Crippen molar-refractivity contribution >= 4 is 0 Å². The summed E-state index contributed by atoms with van der Waals surface area (Å²) < 4.78 is 5.76. The van der Waals surface area contributed by atoms with Crippen molar-refractivity contribution in [3.8, 4) is 0 Å². The highest BCUT2D eigenvalue weighted by atomic mass is 16.5. The maximum atomic E-state index is 5.99. The Morgan fingerprint density at radius 2 is 2.25 bits per heavy atom. The Bertz CT molecular complexity index is 446. The van der Waals surface area contributed by atoms with Gasteiger partial charge in [0.25, 0.3) is 0 Å². The van der Waals surface area contributed by atoms with Gasteiger partial charge in [-0.15, -0.1) is 0 Å². The lowest BCUT2D eigenvalue weighted by Gasteiger charge is -2.37.